The molecule has 0 aromatic carbocycles. The van der Waals surface area contributed by atoms with Crippen LogP contribution in [-0.2, 0) is 14.4 Å². The minimum atomic E-state index is -0.474. The zero-order valence-corrected chi connectivity index (χ0v) is 16.3. The molecule has 3 heterocycles. The van der Waals surface area contributed by atoms with Crippen molar-refractivity contribution in [2.75, 3.05) is 13.1 Å². The summed E-state index contributed by atoms with van der Waals surface area (Å²) in [6.45, 7) is 3.38. The number of carbonyl (C=O) groups is 3. The van der Waals surface area contributed by atoms with Crippen LogP contribution < -0.4 is 16.4 Å². The van der Waals surface area contributed by atoms with Crippen molar-refractivity contribution in [2.45, 2.75) is 57.2 Å². The van der Waals surface area contributed by atoms with Gasteiger partial charge in [-0.15, -0.1) is 0 Å². The summed E-state index contributed by atoms with van der Waals surface area (Å²) in [5.41, 5.74) is 5.98. The van der Waals surface area contributed by atoms with Crippen LogP contribution in [0.25, 0.3) is 0 Å². The van der Waals surface area contributed by atoms with E-state index in [1.807, 2.05) is 19.1 Å². The molecule has 4 N–H and O–H groups in total. The fourth-order valence-corrected chi connectivity index (χ4v) is 4.12. The van der Waals surface area contributed by atoms with Crippen molar-refractivity contribution in [3.63, 3.8) is 0 Å². The first-order chi connectivity index (χ1) is 13.5. The van der Waals surface area contributed by atoms with E-state index >= 15 is 0 Å². The molecule has 1 aromatic rings. The normalized spacial score (nSPS) is 26.1. The minimum absolute atomic E-state index is 0.0290. The van der Waals surface area contributed by atoms with Crippen molar-refractivity contribution in [1.82, 2.24) is 20.5 Å². The third-order valence-corrected chi connectivity index (χ3v) is 5.63. The lowest BCUT2D eigenvalue weighted by Crippen LogP contribution is -2.53. The third-order valence-electron chi connectivity index (χ3n) is 5.63. The number of aromatic nitrogens is 1. The van der Waals surface area contributed by atoms with E-state index in [4.69, 9.17) is 5.73 Å². The summed E-state index contributed by atoms with van der Waals surface area (Å²) in [7, 11) is 0. The Morgan fingerprint density at radius 2 is 2.18 bits per heavy atom. The standard InChI is InChI=1S/C20H29N5O3/c1-13-12-22-11-9-14-5-7-17(25(14)20(13)28)19(27)24-16(6-8-18(21)26)15-4-2-3-10-23-15/h2-4,10,13-14,16-17,22H,5-9,11-12H2,1H3,(H2,21,26)(H,24,27)/t13-,14+,16-,17-/m0/s1. The van der Waals surface area contributed by atoms with E-state index in [-0.39, 0.29) is 30.2 Å². The third kappa shape index (κ3) is 4.67. The molecule has 0 bridgehead atoms. The van der Waals surface area contributed by atoms with Gasteiger partial charge in [-0.2, -0.15) is 0 Å². The molecule has 0 unspecified atom stereocenters. The fraction of sp³-hybridized carbons (Fsp3) is 0.600. The highest BCUT2D eigenvalue weighted by molar-refractivity contribution is 5.89. The first-order valence-electron chi connectivity index (χ1n) is 10.00. The molecule has 3 amide bonds. The van der Waals surface area contributed by atoms with Gasteiger partial charge in [0, 0.05) is 31.1 Å². The van der Waals surface area contributed by atoms with Gasteiger partial charge in [-0.3, -0.25) is 19.4 Å². The molecule has 4 atom stereocenters. The summed E-state index contributed by atoms with van der Waals surface area (Å²) in [5.74, 6) is -0.730. The number of fused-ring (bicyclic) bond motifs is 1. The Morgan fingerprint density at radius 3 is 2.89 bits per heavy atom. The molecule has 0 aliphatic carbocycles. The topological polar surface area (TPSA) is 117 Å². The first kappa shape index (κ1) is 20.3. The van der Waals surface area contributed by atoms with Crippen molar-refractivity contribution >= 4 is 17.7 Å². The van der Waals surface area contributed by atoms with Crippen LogP contribution in [0.1, 0.15) is 50.8 Å². The molecule has 8 heteroatoms. The van der Waals surface area contributed by atoms with Crippen LogP contribution in [-0.4, -0.2) is 52.8 Å². The second-order valence-electron chi connectivity index (χ2n) is 7.71. The number of hydrogen-bond donors (Lipinski definition) is 3. The molecule has 0 spiro atoms. The first-order valence-corrected chi connectivity index (χ1v) is 10.00. The van der Waals surface area contributed by atoms with Gasteiger partial charge in [0.05, 0.1) is 11.7 Å². The molecule has 152 valence electrons. The highest BCUT2D eigenvalue weighted by Crippen LogP contribution is 2.30. The Labute approximate surface area is 165 Å². The van der Waals surface area contributed by atoms with Crippen molar-refractivity contribution < 1.29 is 14.4 Å². The highest BCUT2D eigenvalue weighted by Gasteiger charge is 2.42. The maximum absolute atomic E-state index is 13.1. The van der Waals surface area contributed by atoms with Crippen molar-refractivity contribution in [3.8, 4) is 0 Å². The van der Waals surface area contributed by atoms with Gasteiger partial charge in [0.2, 0.25) is 17.7 Å². The number of primary amides is 1. The zero-order chi connectivity index (χ0) is 20.1. The molecule has 0 radical (unpaired) electrons. The smallest absolute Gasteiger partial charge is 0.243 e. The number of nitrogens with one attached hydrogen (secondary N) is 2. The number of hydrogen-bond acceptors (Lipinski definition) is 5. The second-order valence-corrected chi connectivity index (χ2v) is 7.71. The number of nitrogens with two attached hydrogens (primary N) is 1. The van der Waals surface area contributed by atoms with Gasteiger partial charge in [0.25, 0.3) is 0 Å². The molecular weight excluding hydrogens is 358 g/mol. The molecule has 2 saturated heterocycles. The van der Waals surface area contributed by atoms with E-state index in [9.17, 15) is 14.4 Å². The predicted molar refractivity (Wildman–Crippen MR) is 104 cm³/mol. The molecule has 2 aliphatic heterocycles. The molecule has 0 saturated carbocycles. The van der Waals surface area contributed by atoms with E-state index in [1.54, 1.807) is 17.2 Å². The van der Waals surface area contributed by atoms with Crippen LogP contribution in [0.4, 0.5) is 0 Å². The predicted octanol–water partition coefficient (Wildman–Crippen LogP) is 0.493. The molecule has 3 rings (SSSR count). The van der Waals surface area contributed by atoms with Crippen LogP contribution in [0.5, 0.6) is 0 Å². The van der Waals surface area contributed by atoms with Gasteiger partial charge >= 0.3 is 0 Å². The lowest BCUT2D eigenvalue weighted by Gasteiger charge is -2.34. The average Bonchev–Trinajstić information content (AvgIpc) is 3.10. The lowest BCUT2D eigenvalue weighted by atomic mass is 10.0. The SMILES string of the molecule is C[C@H]1CNCC[C@H]2CC[C@@H](C(=O)N[C@@H](CCC(N)=O)c3ccccn3)N2C1=O. The Hall–Kier alpha value is -2.48. The van der Waals surface area contributed by atoms with Crippen LogP contribution in [0.15, 0.2) is 24.4 Å². The maximum atomic E-state index is 13.1. The summed E-state index contributed by atoms with van der Waals surface area (Å²) in [4.78, 5) is 43.4. The fourth-order valence-electron chi connectivity index (χ4n) is 4.12. The molecule has 2 fully saturated rings. The number of rotatable bonds is 6. The van der Waals surface area contributed by atoms with E-state index in [0.29, 0.717) is 25.1 Å². The highest BCUT2D eigenvalue weighted by atomic mass is 16.2. The van der Waals surface area contributed by atoms with Gasteiger partial charge in [-0.25, -0.2) is 0 Å². The molecule has 2 aliphatic rings. The zero-order valence-electron chi connectivity index (χ0n) is 16.3. The second kappa shape index (κ2) is 9.14. The van der Waals surface area contributed by atoms with Gasteiger partial charge in [-0.1, -0.05) is 13.0 Å². The Balaban J connectivity index is 1.75. The quantitative estimate of drug-likeness (QED) is 0.657. The van der Waals surface area contributed by atoms with Gasteiger partial charge in [0.1, 0.15) is 6.04 Å². The van der Waals surface area contributed by atoms with E-state index in [0.717, 1.165) is 19.4 Å². The van der Waals surface area contributed by atoms with Crippen LogP contribution in [0, 0.1) is 5.92 Å². The molecule has 1 aromatic heterocycles. The van der Waals surface area contributed by atoms with Gasteiger partial charge in [-0.05, 0) is 44.4 Å². The molecular formula is C20H29N5O3. The monoisotopic (exact) mass is 387 g/mol. The summed E-state index contributed by atoms with van der Waals surface area (Å²) in [5, 5.41) is 6.32. The van der Waals surface area contributed by atoms with E-state index in [1.165, 1.54) is 0 Å². The van der Waals surface area contributed by atoms with Crippen LogP contribution in [0.3, 0.4) is 0 Å². The summed E-state index contributed by atoms with van der Waals surface area (Å²) < 4.78 is 0. The van der Waals surface area contributed by atoms with Crippen LogP contribution >= 0.6 is 0 Å². The summed E-state index contributed by atoms with van der Waals surface area (Å²) in [6.07, 6.45) is 4.52. The lowest BCUT2D eigenvalue weighted by molar-refractivity contribution is -0.144. The van der Waals surface area contributed by atoms with Gasteiger partial charge < -0.3 is 21.3 Å². The number of carbonyl (C=O) groups excluding carboxylic acids is 3. The van der Waals surface area contributed by atoms with E-state index < -0.39 is 18.0 Å². The van der Waals surface area contributed by atoms with Crippen molar-refractivity contribution in [1.29, 1.82) is 0 Å². The Morgan fingerprint density at radius 1 is 1.36 bits per heavy atom. The van der Waals surface area contributed by atoms with Gasteiger partial charge in [0.15, 0.2) is 0 Å². The van der Waals surface area contributed by atoms with Crippen molar-refractivity contribution in [2.24, 2.45) is 11.7 Å². The number of nitrogens with zero attached hydrogens (tertiary/aromatic N) is 2. The minimum Gasteiger partial charge on any atom is -0.370 e. The summed E-state index contributed by atoms with van der Waals surface area (Å²) >= 11 is 0. The Kier molecular flexibility index (Phi) is 6.61. The van der Waals surface area contributed by atoms with Crippen molar-refractivity contribution in [3.05, 3.63) is 30.1 Å². The maximum Gasteiger partial charge on any atom is 0.243 e. The molecule has 8 nitrogen and oxygen atoms in total. The average molecular weight is 387 g/mol. The summed E-state index contributed by atoms with van der Waals surface area (Å²) in [6, 6.07) is 4.66. The Bertz CT molecular complexity index is 711. The van der Waals surface area contributed by atoms with Crippen LogP contribution in [0.2, 0.25) is 0 Å². The van der Waals surface area contributed by atoms with E-state index in [2.05, 4.69) is 15.6 Å². The largest absolute Gasteiger partial charge is 0.370 e. The number of pyridine rings is 1. The molecule has 28 heavy (non-hydrogen) atoms. The number of amides is 3.